The van der Waals surface area contributed by atoms with E-state index in [2.05, 4.69) is 0 Å². The predicted octanol–water partition coefficient (Wildman–Crippen LogP) is 4.04. The maximum Gasteiger partial charge on any atom is 0.341 e. The number of carboxylic acid groups (broad SMARTS) is 1. The molecule has 1 aliphatic heterocycles. The van der Waals surface area contributed by atoms with Gasteiger partial charge >= 0.3 is 5.97 Å². The third kappa shape index (κ3) is 4.07. The van der Waals surface area contributed by atoms with Gasteiger partial charge < -0.3 is 9.84 Å². The maximum atomic E-state index is 12.6. The van der Waals surface area contributed by atoms with E-state index in [0.29, 0.717) is 22.0 Å². The summed E-state index contributed by atoms with van der Waals surface area (Å²) in [6, 6.07) is 13.1. The molecule has 0 aromatic heterocycles. The number of anilines is 1. The van der Waals surface area contributed by atoms with Crippen LogP contribution in [0.2, 0.25) is 5.02 Å². The first-order chi connectivity index (χ1) is 12.4. The van der Waals surface area contributed by atoms with Crippen molar-refractivity contribution < 1.29 is 24.2 Å². The first-order valence-electron chi connectivity index (χ1n) is 7.42. The summed E-state index contributed by atoms with van der Waals surface area (Å²) >= 11 is 6.75. The van der Waals surface area contributed by atoms with Crippen LogP contribution < -0.4 is 9.64 Å². The van der Waals surface area contributed by atoms with Crippen LogP contribution in [0, 0.1) is 0 Å². The van der Waals surface area contributed by atoms with Crippen molar-refractivity contribution in [3.05, 3.63) is 64.0 Å². The highest BCUT2D eigenvalue weighted by molar-refractivity contribution is 8.19. The fourth-order valence-electron chi connectivity index (χ4n) is 2.30. The third-order valence-corrected chi connectivity index (χ3v) is 4.48. The second kappa shape index (κ2) is 7.63. The Morgan fingerprint density at radius 2 is 1.96 bits per heavy atom. The van der Waals surface area contributed by atoms with E-state index < -0.39 is 23.7 Å². The number of carbonyl (C=O) groups is 3. The van der Waals surface area contributed by atoms with E-state index in [1.54, 1.807) is 54.6 Å². The fraction of sp³-hybridized carbons (Fsp3) is 0.0556. The van der Waals surface area contributed by atoms with Crippen LogP contribution in [-0.2, 0) is 9.59 Å². The number of aliphatic carboxylic acids is 1. The molecule has 2 aromatic carbocycles. The van der Waals surface area contributed by atoms with Gasteiger partial charge in [0.15, 0.2) is 6.61 Å². The Balaban J connectivity index is 1.84. The van der Waals surface area contributed by atoms with Crippen LogP contribution >= 0.6 is 23.4 Å². The van der Waals surface area contributed by atoms with Gasteiger partial charge in [0.05, 0.1) is 10.6 Å². The molecule has 1 N–H and O–H groups in total. The third-order valence-electron chi connectivity index (χ3n) is 3.38. The van der Waals surface area contributed by atoms with E-state index in [1.807, 2.05) is 0 Å². The van der Waals surface area contributed by atoms with Crippen LogP contribution in [0.4, 0.5) is 10.5 Å². The molecule has 2 aromatic rings. The second-order valence-corrected chi connectivity index (χ2v) is 6.68. The summed E-state index contributed by atoms with van der Waals surface area (Å²) in [4.78, 5) is 36.7. The zero-order chi connectivity index (χ0) is 18.7. The average molecular weight is 390 g/mol. The van der Waals surface area contributed by atoms with Crippen molar-refractivity contribution in [3.8, 4) is 5.75 Å². The molecule has 1 saturated heterocycles. The van der Waals surface area contributed by atoms with Crippen molar-refractivity contribution in [1.29, 1.82) is 0 Å². The van der Waals surface area contributed by atoms with Crippen molar-refractivity contribution in [2.45, 2.75) is 0 Å². The number of benzene rings is 2. The summed E-state index contributed by atoms with van der Waals surface area (Å²) in [5.74, 6) is -1.17. The number of hydrogen-bond donors (Lipinski definition) is 1. The number of halogens is 1. The summed E-state index contributed by atoms with van der Waals surface area (Å²) in [5.41, 5.74) is 1.02. The van der Waals surface area contributed by atoms with Crippen LogP contribution in [0.3, 0.4) is 0 Å². The van der Waals surface area contributed by atoms with E-state index in [9.17, 15) is 14.4 Å². The predicted molar refractivity (Wildman–Crippen MR) is 99.5 cm³/mol. The van der Waals surface area contributed by atoms with Crippen molar-refractivity contribution in [2.24, 2.45) is 0 Å². The number of thioether (sulfide) groups is 1. The zero-order valence-corrected chi connectivity index (χ0v) is 14.8. The van der Waals surface area contributed by atoms with Gasteiger partial charge in [-0.15, -0.1) is 0 Å². The van der Waals surface area contributed by atoms with Gasteiger partial charge in [-0.05, 0) is 53.7 Å². The van der Waals surface area contributed by atoms with Crippen molar-refractivity contribution in [1.82, 2.24) is 0 Å². The highest BCUT2D eigenvalue weighted by atomic mass is 35.5. The first kappa shape index (κ1) is 18.0. The van der Waals surface area contributed by atoms with Crippen LogP contribution in [-0.4, -0.2) is 28.8 Å². The second-order valence-electron chi connectivity index (χ2n) is 5.25. The van der Waals surface area contributed by atoms with Crippen LogP contribution in [0.15, 0.2) is 53.4 Å². The summed E-state index contributed by atoms with van der Waals surface area (Å²) < 4.78 is 5.11. The van der Waals surface area contributed by atoms with Gasteiger partial charge in [-0.2, -0.15) is 0 Å². The average Bonchev–Trinajstić information content (AvgIpc) is 2.87. The number of amides is 2. The molecule has 0 unspecified atom stereocenters. The minimum atomic E-state index is -1.09. The summed E-state index contributed by atoms with van der Waals surface area (Å²) in [5, 5.41) is 8.67. The van der Waals surface area contributed by atoms with E-state index in [1.165, 1.54) is 0 Å². The van der Waals surface area contributed by atoms with E-state index in [4.69, 9.17) is 21.4 Å². The summed E-state index contributed by atoms with van der Waals surface area (Å²) in [6.07, 6.45) is 1.56. The maximum absolute atomic E-state index is 12.6. The first-order valence-corrected chi connectivity index (χ1v) is 8.61. The van der Waals surface area contributed by atoms with Gasteiger partial charge in [-0.25, -0.2) is 9.69 Å². The number of carbonyl (C=O) groups excluding carboxylic acids is 2. The Hall–Kier alpha value is -2.77. The van der Waals surface area contributed by atoms with Gasteiger partial charge in [0.25, 0.3) is 11.1 Å². The molecule has 1 aliphatic rings. The van der Waals surface area contributed by atoms with Crippen molar-refractivity contribution >= 4 is 52.2 Å². The van der Waals surface area contributed by atoms with Gasteiger partial charge in [-0.1, -0.05) is 29.8 Å². The lowest BCUT2D eigenvalue weighted by molar-refractivity contribution is -0.139. The number of nitrogens with zero attached hydrogens (tertiary/aromatic N) is 1. The number of ether oxygens (including phenoxy) is 1. The standard InChI is InChI=1S/C18H12ClNO5S/c19-12-4-2-5-13(9-12)20-17(23)15(26-18(20)24)8-11-3-1-6-14(7-11)25-10-16(21)22/h1-9H,10H2,(H,21,22). The molecule has 0 saturated carbocycles. The summed E-state index contributed by atoms with van der Waals surface area (Å²) in [6.45, 7) is -0.464. The number of imide groups is 1. The van der Waals surface area contributed by atoms with Gasteiger partial charge in [0.1, 0.15) is 5.75 Å². The number of hydrogen-bond acceptors (Lipinski definition) is 5. The molecule has 0 radical (unpaired) electrons. The van der Waals surface area contributed by atoms with Crippen LogP contribution in [0.5, 0.6) is 5.75 Å². The quantitative estimate of drug-likeness (QED) is 0.777. The molecular weight excluding hydrogens is 378 g/mol. The highest BCUT2D eigenvalue weighted by Gasteiger charge is 2.36. The largest absolute Gasteiger partial charge is 0.482 e. The van der Waals surface area contributed by atoms with E-state index in [0.717, 1.165) is 16.7 Å². The molecule has 0 spiro atoms. The molecule has 1 fully saturated rings. The van der Waals surface area contributed by atoms with Crippen molar-refractivity contribution in [2.75, 3.05) is 11.5 Å². The molecule has 0 atom stereocenters. The Bertz CT molecular complexity index is 927. The van der Waals surface area contributed by atoms with Crippen LogP contribution in [0.1, 0.15) is 5.56 Å². The Labute approximate surface area is 158 Å². The normalized spacial score (nSPS) is 15.6. The lowest BCUT2D eigenvalue weighted by Crippen LogP contribution is -2.27. The minimum absolute atomic E-state index is 0.255. The number of carboxylic acids is 1. The zero-order valence-electron chi connectivity index (χ0n) is 13.2. The van der Waals surface area contributed by atoms with Gasteiger partial charge in [0.2, 0.25) is 0 Å². The Kier molecular flexibility index (Phi) is 5.29. The van der Waals surface area contributed by atoms with Crippen molar-refractivity contribution in [3.63, 3.8) is 0 Å². The molecule has 132 valence electrons. The topological polar surface area (TPSA) is 83.9 Å². The van der Waals surface area contributed by atoms with Crippen LogP contribution in [0.25, 0.3) is 6.08 Å². The highest BCUT2D eigenvalue weighted by Crippen LogP contribution is 2.36. The minimum Gasteiger partial charge on any atom is -0.482 e. The summed E-state index contributed by atoms with van der Waals surface area (Å²) in [7, 11) is 0. The fourth-order valence-corrected chi connectivity index (χ4v) is 3.32. The van der Waals surface area contributed by atoms with Gasteiger partial charge in [-0.3, -0.25) is 9.59 Å². The molecule has 6 nitrogen and oxygen atoms in total. The smallest absolute Gasteiger partial charge is 0.341 e. The molecule has 2 amide bonds. The lowest BCUT2D eigenvalue weighted by atomic mass is 10.2. The van der Waals surface area contributed by atoms with E-state index in [-0.39, 0.29) is 4.91 Å². The molecule has 3 rings (SSSR count). The molecule has 8 heteroatoms. The Morgan fingerprint density at radius 1 is 1.19 bits per heavy atom. The lowest BCUT2D eigenvalue weighted by Gasteiger charge is -2.12. The molecule has 26 heavy (non-hydrogen) atoms. The Morgan fingerprint density at radius 3 is 2.69 bits per heavy atom. The number of rotatable bonds is 5. The molecule has 0 aliphatic carbocycles. The SMILES string of the molecule is O=C(O)COc1cccc(C=C2SC(=O)N(c3cccc(Cl)c3)C2=O)c1. The molecule has 0 bridgehead atoms. The van der Waals surface area contributed by atoms with Gasteiger partial charge in [0, 0.05) is 5.02 Å². The molecular formula is C18H12ClNO5S. The molecule has 1 heterocycles. The monoisotopic (exact) mass is 389 g/mol. The van der Waals surface area contributed by atoms with E-state index >= 15 is 0 Å².